The van der Waals surface area contributed by atoms with Gasteiger partial charge in [0.15, 0.2) is 0 Å². The molecule has 0 spiro atoms. The number of rotatable bonds is 7. The zero-order chi connectivity index (χ0) is 15.2. The molecule has 2 atom stereocenters. The summed E-state index contributed by atoms with van der Waals surface area (Å²) in [5.41, 5.74) is 2.49. The number of hydrogen-bond donors (Lipinski definition) is 1. The number of aliphatic hydroxyl groups excluding tert-OH is 1. The van der Waals surface area contributed by atoms with E-state index in [0.29, 0.717) is 19.1 Å². The highest BCUT2D eigenvalue weighted by atomic mass is 16.5. The number of hydrogen-bond acceptors (Lipinski definition) is 3. The molecular formula is C19H23NO2. The molecule has 3 nitrogen and oxygen atoms in total. The lowest BCUT2D eigenvalue weighted by molar-refractivity contribution is -0.0687. The first-order valence-corrected chi connectivity index (χ1v) is 7.87. The third-order valence-electron chi connectivity index (χ3n) is 4.34. The average Bonchev–Trinajstić information content (AvgIpc) is 2.55. The van der Waals surface area contributed by atoms with Crippen molar-refractivity contribution in [3.8, 4) is 0 Å². The molecule has 1 heterocycles. The summed E-state index contributed by atoms with van der Waals surface area (Å²) in [6.07, 6.45) is 0. The number of nitrogens with zero attached hydrogens (tertiary/aromatic N) is 1. The smallest absolute Gasteiger partial charge is 0.0717 e. The molecule has 0 bridgehead atoms. The maximum absolute atomic E-state index is 9.62. The quantitative estimate of drug-likeness (QED) is 0.853. The second-order valence-corrected chi connectivity index (χ2v) is 5.93. The van der Waals surface area contributed by atoms with Crippen LogP contribution in [-0.2, 0) is 17.9 Å². The molecule has 0 aromatic heterocycles. The van der Waals surface area contributed by atoms with Crippen LogP contribution in [0.5, 0.6) is 0 Å². The second-order valence-electron chi connectivity index (χ2n) is 5.93. The van der Waals surface area contributed by atoms with E-state index in [1.807, 2.05) is 24.3 Å². The number of aliphatic hydroxyl groups is 1. The van der Waals surface area contributed by atoms with Gasteiger partial charge in [-0.1, -0.05) is 60.7 Å². The third-order valence-corrected chi connectivity index (χ3v) is 4.34. The average molecular weight is 297 g/mol. The Bertz CT molecular complexity index is 556. The minimum atomic E-state index is 0.201. The first kappa shape index (κ1) is 15.2. The van der Waals surface area contributed by atoms with Crippen LogP contribution in [0.15, 0.2) is 60.7 Å². The van der Waals surface area contributed by atoms with Crippen molar-refractivity contribution in [2.45, 2.75) is 19.2 Å². The van der Waals surface area contributed by atoms with Gasteiger partial charge >= 0.3 is 0 Å². The van der Waals surface area contributed by atoms with Crippen molar-refractivity contribution in [3.63, 3.8) is 0 Å². The Balaban J connectivity index is 1.44. The van der Waals surface area contributed by atoms with Gasteiger partial charge in [-0.25, -0.2) is 0 Å². The predicted molar refractivity (Wildman–Crippen MR) is 87.3 cm³/mol. The van der Waals surface area contributed by atoms with Gasteiger partial charge in [0, 0.05) is 25.0 Å². The second kappa shape index (κ2) is 7.54. The molecular weight excluding hydrogens is 274 g/mol. The molecule has 0 saturated carbocycles. The van der Waals surface area contributed by atoms with Crippen molar-refractivity contribution >= 4 is 0 Å². The molecule has 3 heteroatoms. The van der Waals surface area contributed by atoms with Crippen molar-refractivity contribution in [2.75, 3.05) is 19.8 Å². The van der Waals surface area contributed by atoms with E-state index < -0.39 is 0 Å². The highest BCUT2D eigenvalue weighted by Gasteiger charge is 2.38. The van der Waals surface area contributed by atoms with E-state index in [0.717, 1.165) is 13.1 Å². The number of ether oxygens (including phenoxy) is 1. The number of benzene rings is 2. The lowest BCUT2D eigenvalue weighted by atomic mass is 9.89. The minimum absolute atomic E-state index is 0.201. The monoisotopic (exact) mass is 297 g/mol. The van der Waals surface area contributed by atoms with E-state index in [9.17, 15) is 5.11 Å². The van der Waals surface area contributed by atoms with Gasteiger partial charge in [0.25, 0.3) is 0 Å². The van der Waals surface area contributed by atoms with Crippen LogP contribution in [0.3, 0.4) is 0 Å². The van der Waals surface area contributed by atoms with Crippen LogP contribution in [0, 0.1) is 5.92 Å². The molecule has 2 aromatic carbocycles. The van der Waals surface area contributed by atoms with Gasteiger partial charge in [0.2, 0.25) is 0 Å². The molecule has 0 unspecified atom stereocenters. The highest BCUT2D eigenvalue weighted by Crippen LogP contribution is 2.27. The Morgan fingerprint density at radius 1 is 0.955 bits per heavy atom. The molecule has 116 valence electrons. The fraction of sp³-hybridized carbons (Fsp3) is 0.368. The van der Waals surface area contributed by atoms with Crippen LogP contribution in [0.4, 0.5) is 0 Å². The molecule has 1 aliphatic rings. The standard InChI is InChI=1S/C19H23NO2/c21-13-19-18(15-22-14-17-9-5-2-6-10-17)12-20(19)11-16-7-3-1-4-8-16/h1-10,18-19,21H,11-15H2/t18-,19-/m0/s1. The lowest BCUT2D eigenvalue weighted by Crippen LogP contribution is -2.58. The SMILES string of the molecule is OC[C@H]1[C@H](COCc2ccccc2)CN1Cc1ccccc1. The summed E-state index contributed by atoms with van der Waals surface area (Å²) >= 11 is 0. The van der Waals surface area contributed by atoms with Gasteiger partial charge in [0.05, 0.1) is 19.8 Å². The molecule has 1 aliphatic heterocycles. The van der Waals surface area contributed by atoms with E-state index in [1.54, 1.807) is 0 Å². The highest BCUT2D eigenvalue weighted by molar-refractivity contribution is 5.15. The van der Waals surface area contributed by atoms with E-state index >= 15 is 0 Å². The first-order valence-electron chi connectivity index (χ1n) is 7.87. The zero-order valence-corrected chi connectivity index (χ0v) is 12.8. The molecule has 1 fully saturated rings. The lowest BCUT2D eigenvalue weighted by Gasteiger charge is -2.47. The summed E-state index contributed by atoms with van der Waals surface area (Å²) in [6.45, 7) is 3.46. The Kier molecular flexibility index (Phi) is 5.22. The summed E-state index contributed by atoms with van der Waals surface area (Å²) in [7, 11) is 0. The van der Waals surface area contributed by atoms with Gasteiger partial charge in [-0.15, -0.1) is 0 Å². The summed E-state index contributed by atoms with van der Waals surface area (Å²) < 4.78 is 5.82. The Labute approximate surface area is 132 Å². The van der Waals surface area contributed by atoms with Crippen LogP contribution in [0.2, 0.25) is 0 Å². The van der Waals surface area contributed by atoms with Crippen LogP contribution >= 0.6 is 0 Å². The molecule has 1 N–H and O–H groups in total. The van der Waals surface area contributed by atoms with Gasteiger partial charge in [0.1, 0.15) is 0 Å². The largest absolute Gasteiger partial charge is 0.395 e. The van der Waals surface area contributed by atoms with Crippen LogP contribution in [0.25, 0.3) is 0 Å². The third kappa shape index (κ3) is 3.74. The van der Waals surface area contributed by atoms with Crippen LogP contribution in [-0.4, -0.2) is 35.8 Å². The molecule has 1 saturated heterocycles. The minimum Gasteiger partial charge on any atom is -0.395 e. The van der Waals surface area contributed by atoms with E-state index in [2.05, 4.69) is 41.3 Å². The molecule has 3 rings (SSSR count). The first-order chi connectivity index (χ1) is 10.9. The summed E-state index contributed by atoms with van der Waals surface area (Å²) in [5.74, 6) is 0.428. The van der Waals surface area contributed by atoms with Crippen LogP contribution in [0.1, 0.15) is 11.1 Å². The fourth-order valence-electron chi connectivity index (χ4n) is 3.05. The van der Waals surface area contributed by atoms with Crippen molar-refractivity contribution < 1.29 is 9.84 Å². The maximum Gasteiger partial charge on any atom is 0.0717 e. The Hall–Kier alpha value is -1.68. The van der Waals surface area contributed by atoms with E-state index in [1.165, 1.54) is 11.1 Å². The van der Waals surface area contributed by atoms with E-state index in [-0.39, 0.29) is 12.6 Å². The normalized spacial score (nSPS) is 21.5. The van der Waals surface area contributed by atoms with Gasteiger partial charge in [-0.05, 0) is 11.1 Å². The van der Waals surface area contributed by atoms with Gasteiger partial charge in [-0.3, -0.25) is 4.90 Å². The van der Waals surface area contributed by atoms with Crippen molar-refractivity contribution in [1.82, 2.24) is 4.90 Å². The molecule has 2 aromatic rings. The zero-order valence-electron chi connectivity index (χ0n) is 12.8. The van der Waals surface area contributed by atoms with Crippen molar-refractivity contribution in [1.29, 1.82) is 0 Å². The maximum atomic E-state index is 9.62. The Morgan fingerprint density at radius 2 is 1.59 bits per heavy atom. The Morgan fingerprint density at radius 3 is 2.23 bits per heavy atom. The summed E-state index contributed by atoms with van der Waals surface area (Å²) in [5, 5.41) is 9.62. The van der Waals surface area contributed by atoms with Crippen molar-refractivity contribution in [2.24, 2.45) is 5.92 Å². The van der Waals surface area contributed by atoms with Crippen molar-refractivity contribution in [3.05, 3.63) is 71.8 Å². The van der Waals surface area contributed by atoms with Gasteiger partial charge < -0.3 is 9.84 Å². The van der Waals surface area contributed by atoms with E-state index in [4.69, 9.17) is 4.74 Å². The fourth-order valence-corrected chi connectivity index (χ4v) is 3.05. The number of likely N-dealkylation sites (tertiary alicyclic amines) is 1. The molecule has 0 amide bonds. The molecule has 0 radical (unpaired) electrons. The topological polar surface area (TPSA) is 32.7 Å². The van der Waals surface area contributed by atoms with Crippen LogP contribution < -0.4 is 0 Å². The summed E-state index contributed by atoms with van der Waals surface area (Å²) in [6, 6.07) is 20.9. The van der Waals surface area contributed by atoms with Gasteiger partial charge in [-0.2, -0.15) is 0 Å². The summed E-state index contributed by atoms with van der Waals surface area (Å²) in [4.78, 5) is 2.33. The molecule has 22 heavy (non-hydrogen) atoms. The molecule has 0 aliphatic carbocycles. The predicted octanol–water partition coefficient (Wildman–Crippen LogP) is 2.70.